The number of carbonyl (C=O) groups is 2. The van der Waals surface area contributed by atoms with E-state index in [0.717, 1.165) is 12.8 Å². The fraction of sp³-hybridized carbons (Fsp3) is 0.429. The number of benzene rings is 1. The molecule has 0 saturated heterocycles. The standard InChI is InChI=1S/C14H16Cl2N2O3/c15-9-3-4-10(16)11(7-9)18-12(19)5-6-17-13(14(20)21)8-1-2-8/h3-4,7-8,13,17H,1-2,5-6H2,(H,18,19)(H,20,21). The Kier molecular flexibility index (Phi) is 5.45. The van der Waals surface area contributed by atoms with Gasteiger partial charge >= 0.3 is 5.97 Å². The van der Waals surface area contributed by atoms with Gasteiger partial charge in [-0.3, -0.25) is 9.59 Å². The molecule has 0 aromatic heterocycles. The van der Waals surface area contributed by atoms with Crippen molar-refractivity contribution in [2.24, 2.45) is 5.92 Å². The molecule has 114 valence electrons. The lowest BCUT2D eigenvalue weighted by Gasteiger charge is -2.13. The lowest BCUT2D eigenvalue weighted by atomic mass is 10.2. The van der Waals surface area contributed by atoms with E-state index in [9.17, 15) is 9.59 Å². The number of halogens is 2. The summed E-state index contributed by atoms with van der Waals surface area (Å²) in [6, 6.07) is 4.24. The van der Waals surface area contributed by atoms with Crippen LogP contribution in [0.3, 0.4) is 0 Å². The highest BCUT2D eigenvalue weighted by molar-refractivity contribution is 6.35. The van der Waals surface area contributed by atoms with Gasteiger partial charge in [-0.15, -0.1) is 0 Å². The van der Waals surface area contributed by atoms with Crippen molar-refractivity contribution < 1.29 is 14.7 Å². The number of carboxylic acids is 1. The van der Waals surface area contributed by atoms with Crippen molar-refractivity contribution in [3.05, 3.63) is 28.2 Å². The number of aliphatic carboxylic acids is 1. The molecule has 1 atom stereocenters. The molecule has 1 aliphatic carbocycles. The molecule has 2 rings (SSSR count). The summed E-state index contributed by atoms with van der Waals surface area (Å²) < 4.78 is 0. The maximum absolute atomic E-state index is 11.8. The largest absolute Gasteiger partial charge is 0.480 e. The highest BCUT2D eigenvalue weighted by Crippen LogP contribution is 2.32. The van der Waals surface area contributed by atoms with Crippen LogP contribution in [0.15, 0.2) is 18.2 Å². The maximum atomic E-state index is 11.8. The quantitative estimate of drug-likeness (QED) is 0.718. The van der Waals surface area contributed by atoms with Gasteiger partial charge in [0.1, 0.15) is 6.04 Å². The van der Waals surface area contributed by atoms with Crippen LogP contribution in [0, 0.1) is 5.92 Å². The number of nitrogens with one attached hydrogen (secondary N) is 2. The molecule has 3 N–H and O–H groups in total. The molecule has 0 radical (unpaired) electrons. The third-order valence-electron chi connectivity index (χ3n) is 3.28. The van der Waals surface area contributed by atoms with E-state index in [1.54, 1.807) is 18.2 Å². The second kappa shape index (κ2) is 7.11. The van der Waals surface area contributed by atoms with Crippen LogP contribution >= 0.6 is 23.2 Å². The van der Waals surface area contributed by atoms with Gasteiger partial charge in [-0.2, -0.15) is 0 Å². The Hall–Kier alpha value is -1.30. The van der Waals surface area contributed by atoms with Gasteiger partial charge in [-0.1, -0.05) is 23.2 Å². The molecule has 1 aromatic carbocycles. The van der Waals surface area contributed by atoms with Crippen molar-refractivity contribution in [1.29, 1.82) is 0 Å². The summed E-state index contributed by atoms with van der Waals surface area (Å²) in [5.41, 5.74) is 0.450. The molecule has 0 spiro atoms. The summed E-state index contributed by atoms with van der Waals surface area (Å²) in [4.78, 5) is 22.8. The smallest absolute Gasteiger partial charge is 0.320 e. The van der Waals surface area contributed by atoms with Crippen molar-refractivity contribution in [2.45, 2.75) is 25.3 Å². The zero-order valence-electron chi connectivity index (χ0n) is 11.2. The average Bonchev–Trinajstić information content (AvgIpc) is 3.23. The van der Waals surface area contributed by atoms with E-state index in [-0.39, 0.29) is 18.2 Å². The maximum Gasteiger partial charge on any atom is 0.320 e. The zero-order chi connectivity index (χ0) is 15.4. The molecular formula is C14H16Cl2N2O3. The fourth-order valence-corrected chi connectivity index (χ4v) is 2.37. The molecule has 1 unspecified atom stereocenters. The van der Waals surface area contributed by atoms with Gasteiger partial charge in [0.05, 0.1) is 10.7 Å². The molecule has 1 amide bonds. The Balaban J connectivity index is 1.79. The molecule has 0 aliphatic heterocycles. The second-order valence-electron chi connectivity index (χ2n) is 5.03. The minimum atomic E-state index is -0.865. The Labute approximate surface area is 132 Å². The number of rotatable bonds is 7. The molecule has 1 aromatic rings. The SMILES string of the molecule is O=C(CCNC(C(=O)O)C1CC1)Nc1cc(Cl)ccc1Cl. The van der Waals surface area contributed by atoms with Gasteiger partial charge in [0.2, 0.25) is 5.91 Å². The second-order valence-corrected chi connectivity index (χ2v) is 5.87. The van der Waals surface area contributed by atoms with E-state index < -0.39 is 12.0 Å². The number of carbonyl (C=O) groups excluding carboxylic acids is 1. The van der Waals surface area contributed by atoms with Crippen LogP contribution in [0.5, 0.6) is 0 Å². The normalized spacial score (nSPS) is 15.5. The molecule has 0 heterocycles. The van der Waals surface area contributed by atoms with Gasteiger partial charge < -0.3 is 15.7 Å². The Morgan fingerprint density at radius 3 is 2.67 bits per heavy atom. The molecule has 21 heavy (non-hydrogen) atoms. The highest BCUT2D eigenvalue weighted by atomic mass is 35.5. The van der Waals surface area contributed by atoms with E-state index in [0.29, 0.717) is 22.3 Å². The predicted molar refractivity (Wildman–Crippen MR) is 81.9 cm³/mol. The number of anilines is 1. The Morgan fingerprint density at radius 2 is 2.05 bits per heavy atom. The Morgan fingerprint density at radius 1 is 1.33 bits per heavy atom. The summed E-state index contributed by atoms with van der Waals surface area (Å²) in [6.07, 6.45) is 2.02. The summed E-state index contributed by atoms with van der Waals surface area (Å²) in [5, 5.41) is 15.5. The third-order valence-corrected chi connectivity index (χ3v) is 3.84. The van der Waals surface area contributed by atoms with E-state index in [2.05, 4.69) is 10.6 Å². The van der Waals surface area contributed by atoms with Gasteiger partial charge in [0.25, 0.3) is 0 Å². The third kappa shape index (κ3) is 4.88. The molecular weight excluding hydrogens is 315 g/mol. The Bertz CT molecular complexity index is 547. The zero-order valence-corrected chi connectivity index (χ0v) is 12.7. The van der Waals surface area contributed by atoms with Crippen LogP contribution in [-0.2, 0) is 9.59 Å². The number of amides is 1. The van der Waals surface area contributed by atoms with E-state index in [4.69, 9.17) is 28.3 Å². The van der Waals surface area contributed by atoms with Crippen molar-refractivity contribution in [3.8, 4) is 0 Å². The summed E-state index contributed by atoms with van der Waals surface area (Å²) in [5.74, 6) is -0.921. The summed E-state index contributed by atoms with van der Waals surface area (Å²) >= 11 is 11.8. The first-order valence-corrected chi connectivity index (χ1v) is 7.44. The lowest BCUT2D eigenvalue weighted by molar-refractivity contribution is -0.140. The predicted octanol–water partition coefficient (Wildman–Crippen LogP) is 2.77. The molecule has 5 nitrogen and oxygen atoms in total. The van der Waals surface area contributed by atoms with E-state index in [1.807, 2.05) is 0 Å². The van der Waals surface area contributed by atoms with Crippen LogP contribution in [-0.4, -0.2) is 29.6 Å². The van der Waals surface area contributed by atoms with Crippen molar-refractivity contribution in [2.75, 3.05) is 11.9 Å². The van der Waals surface area contributed by atoms with Crippen LogP contribution < -0.4 is 10.6 Å². The molecule has 1 aliphatic rings. The monoisotopic (exact) mass is 330 g/mol. The van der Waals surface area contributed by atoms with Crippen molar-refractivity contribution in [3.63, 3.8) is 0 Å². The van der Waals surface area contributed by atoms with Crippen molar-refractivity contribution in [1.82, 2.24) is 5.32 Å². The molecule has 1 fully saturated rings. The van der Waals surface area contributed by atoms with Crippen LogP contribution in [0.1, 0.15) is 19.3 Å². The van der Waals surface area contributed by atoms with Crippen LogP contribution in [0.4, 0.5) is 5.69 Å². The number of carboxylic acid groups (broad SMARTS) is 1. The first-order chi connectivity index (χ1) is 9.97. The van der Waals surface area contributed by atoms with Crippen LogP contribution in [0.2, 0.25) is 10.0 Å². The van der Waals surface area contributed by atoms with E-state index >= 15 is 0 Å². The van der Waals surface area contributed by atoms with Crippen LogP contribution in [0.25, 0.3) is 0 Å². The fourth-order valence-electron chi connectivity index (χ4n) is 2.03. The number of hydrogen-bond donors (Lipinski definition) is 3. The molecule has 7 heteroatoms. The van der Waals surface area contributed by atoms with Gasteiger partial charge in [-0.25, -0.2) is 0 Å². The summed E-state index contributed by atoms with van der Waals surface area (Å²) in [7, 11) is 0. The van der Waals surface area contributed by atoms with Gasteiger partial charge in [0.15, 0.2) is 0 Å². The van der Waals surface area contributed by atoms with Crippen molar-refractivity contribution >= 4 is 40.8 Å². The van der Waals surface area contributed by atoms with Gasteiger partial charge in [-0.05, 0) is 37.0 Å². The lowest BCUT2D eigenvalue weighted by Crippen LogP contribution is -2.39. The highest BCUT2D eigenvalue weighted by Gasteiger charge is 2.35. The first-order valence-electron chi connectivity index (χ1n) is 6.68. The molecule has 1 saturated carbocycles. The molecule has 0 bridgehead atoms. The average molecular weight is 331 g/mol. The number of hydrogen-bond acceptors (Lipinski definition) is 3. The summed E-state index contributed by atoms with van der Waals surface area (Å²) in [6.45, 7) is 0.303. The minimum Gasteiger partial charge on any atom is -0.480 e. The topological polar surface area (TPSA) is 78.4 Å². The first kappa shape index (κ1) is 16.1. The minimum absolute atomic E-state index is 0.166. The van der Waals surface area contributed by atoms with E-state index in [1.165, 1.54) is 0 Å². The van der Waals surface area contributed by atoms with Gasteiger partial charge in [0, 0.05) is 18.0 Å².